The van der Waals surface area contributed by atoms with Gasteiger partial charge in [-0.25, -0.2) is 0 Å². The van der Waals surface area contributed by atoms with Crippen LogP contribution in [0, 0.1) is 0 Å². The molecule has 0 atom stereocenters. The quantitative estimate of drug-likeness (QED) is 0.514. The summed E-state index contributed by atoms with van der Waals surface area (Å²) in [7, 11) is 0. The van der Waals surface area contributed by atoms with Crippen LogP contribution in [0.5, 0.6) is 0 Å². The lowest BCUT2D eigenvalue weighted by Crippen LogP contribution is -2.34. The van der Waals surface area contributed by atoms with E-state index in [4.69, 9.17) is 0 Å². The molecule has 5 heteroatoms. The van der Waals surface area contributed by atoms with Gasteiger partial charge in [-0.1, -0.05) is 6.92 Å². The summed E-state index contributed by atoms with van der Waals surface area (Å²) in [6.45, 7) is 7.77. The third-order valence-electron chi connectivity index (χ3n) is 1.90. The fraction of sp³-hybridized carbons (Fsp3) is 0.818. The molecule has 16 heavy (non-hydrogen) atoms. The first kappa shape index (κ1) is 14.9. The number of amides is 2. The zero-order valence-corrected chi connectivity index (χ0v) is 10.4. The van der Waals surface area contributed by atoms with Crippen LogP contribution in [-0.2, 0) is 9.59 Å². The lowest BCUT2D eigenvalue weighted by Gasteiger charge is -2.08. The van der Waals surface area contributed by atoms with Crippen LogP contribution in [0.15, 0.2) is 0 Å². The monoisotopic (exact) mass is 229 g/mol. The van der Waals surface area contributed by atoms with Crippen molar-refractivity contribution in [1.82, 2.24) is 16.0 Å². The lowest BCUT2D eigenvalue weighted by molar-refractivity contribution is -0.122. The summed E-state index contributed by atoms with van der Waals surface area (Å²) in [6, 6.07) is 0.150. The number of carbonyl (C=O) groups is 2. The predicted molar refractivity (Wildman–Crippen MR) is 64.1 cm³/mol. The van der Waals surface area contributed by atoms with Gasteiger partial charge in [-0.2, -0.15) is 0 Å². The van der Waals surface area contributed by atoms with Crippen LogP contribution in [0.25, 0.3) is 0 Å². The van der Waals surface area contributed by atoms with Crippen LogP contribution in [0.2, 0.25) is 0 Å². The molecule has 0 fully saturated rings. The summed E-state index contributed by atoms with van der Waals surface area (Å²) in [5.74, 6) is -0.0414. The molecule has 0 spiro atoms. The average Bonchev–Trinajstić information content (AvgIpc) is 2.17. The maximum Gasteiger partial charge on any atom is 0.221 e. The Hall–Kier alpha value is -1.10. The fourth-order valence-corrected chi connectivity index (χ4v) is 1.18. The van der Waals surface area contributed by atoms with Crippen molar-refractivity contribution in [2.45, 2.75) is 39.7 Å². The van der Waals surface area contributed by atoms with Gasteiger partial charge >= 0.3 is 0 Å². The van der Waals surface area contributed by atoms with E-state index < -0.39 is 0 Å². The molecule has 0 unspecified atom stereocenters. The molecule has 5 nitrogen and oxygen atoms in total. The molecule has 0 aliphatic rings. The van der Waals surface area contributed by atoms with E-state index in [1.165, 1.54) is 0 Å². The summed E-state index contributed by atoms with van der Waals surface area (Å²) < 4.78 is 0. The number of rotatable bonds is 8. The highest BCUT2D eigenvalue weighted by Gasteiger charge is 2.04. The molecule has 0 radical (unpaired) electrons. The van der Waals surface area contributed by atoms with E-state index in [2.05, 4.69) is 16.0 Å². The molecule has 0 aliphatic carbocycles. The van der Waals surface area contributed by atoms with E-state index in [1.807, 2.05) is 20.8 Å². The molecule has 0 saturated heterocycles. The van der Waals surface area contributed by atoms with Crippen LogP contribution >= 0.6 is 0 Å². The Labute approximate surface area is 97.4 Å². The third-order valence-corrected chi connectivity index (χ3v) is 1.90. The van der Waals surface area contributed by atoms with Crippen LogP contribution in [-0.4, -0.2) is 37.5 Å². The van der Waals surface area contributed by atoms with Crippen molar-refractivity contribution in [3.05, 3.63) is 0 Å². The second-order valence-corrected chi connectivity index (χ2v) is 3.93. The lowest BCUT2D eigenvalue weighted by atomic mass is 10.3. The first-order valence-electron chi connectivity index (χ1n) is 5.83. The fourth-order valence-electron chi connectivity index (χ4n) is 1.18. The van der Waals surface area contributed by atoms with Crippen LogP contribution < -0.4 is 16.0 Å². The Morgan fingerprint density at radius 3 is 2.25 bits per heavy atom. The SMILES string of the molecule is CCNCCC(=O)NCCC(=O)NC(C)C. The zero-order valence-electron chi connectivity index (χ0n) is 10.4. The highest BCUT2D eigenvalue weighted by molar-refractivity contribution is 5.79. The zero-order chi connectivity index (χ0) is 12.4. The highest BCUT2D eigenvalue weighted by atomic mass is 16.2. The van der Waals surface area contributed by atoms with Crippen molar-refractivity contribution in [3.8, 4) is 0 Å². The van der Waals surface area contributed by atoms with Crippen LogP contribution in [0.1, 0.15) is 33.6 Å². The second-order valence-electron chi connectivity index (χ2n) is 3.93. The van der Waals surface area contributed by atoms with Crippen molar-refractivity contribution in [1.29, 1.82) is 0 Å². The molecule has 0 aromatic rings. The molecule has 0 heterocycles. The van der Waals surface area contributed by atoms with Gasteiger partial charge in [-0.3, -0.25) is 9.59 Å². The predicted octanol–water partition coefficient (Wildman–Crippen LogP) is 0.0169. The molecule has 2 amide bonds. The van der Waals surface area contributed by atoms with Gasteiger partial charge in [-0.05, 0) is 20.4 Å². The van der Waals surface area contributed by atoms with Gasteiger partial charge in [-0.15, -0.1) is 0 Å². The first-order chi connectivity index (χ1) is 7.56. The topological polar surface area (TPSA) is 70.2 Å². The van der Waals surface area contributed by atoms with E-state index in [0.717, 1.165) is 6.54 Å². The Kier molecular flexibility index (Phi) is 8.52. The molecule has 0 rings (SSSR count). The average molecular weight is 229 g/mol. The third kappa shape index (κ3) is 9.45. The van der Waals surface area contributed by atoms with Gasteiger partial charge in [0, 0.05) is 32.0 Å². The summed E-state index contributed by atoms with van der Waals surface area (Å²) in [5.41, 5.74) is 0. The molecule has 94 valence electrons. The Morgan fingerprint density at radius 1 is 1.06 bits per heavy atom. The molecule has 0 bridgehead atoms. The Bertz CT molecular complexity index is 217. The van der Waals surface area contributed by atoms with E-state index in [1.54, 1.807) is 0 Å². The number of nitrogens with one attached hydrogen (secondary N) is 3. The Balaban J connectivity index is 3.43. The molecular weight excluding hydrogens is 206 g/mol. The Morgan fingerprint density at radius 2 is 1.69 bits per heavy atom. The molecule has 3 N–H and O–H groups in total. The minimum Gasteiger partial charge on any atom is -0.356 e. The summed E-state index contributed by atoms with van der Waals surface area (Å²) in [4.78, 5) is 22.5. The van der Waals surface area contributed by atoms with Gasteiger partial charge in [0.25, 0.3) is 0 Å². The molecule has 0 aromatic carbocycles. The standard InChI is InChI=1S/C11H23N3O2/c1-4-12-7-5-10(15)13-8-6-11(16)14-9(2)3/h9,12H,4-8H2,1-3H3,(H,13,15)(H,14,16). The highest BCUT2D eigenvalue weighted by Crippen LogP contribution is 1.83. The molecule has 0 aromatic heterocycles. The van der Waals surface area contributed by atoms with E-state index in [9.17, 15) is 9.59 Å². The number of carbonyl (C=O) groups excluding carboxylic acids is 2. The van der Waals surface area contributed by atoms with E-state index >= 15 is 0 Å². The van der Waals surface area contributed by atoms with Crippen LogP contribution in [0.3, 0.4) is 0 Å². The van der Waals surface area contributed by atoms with Gasteiger partial charge in [0.1, 0.15) is 0 Å². The van der Waals surface area contributed by atoms with Crippen molar-refractivity contribution < 1.29 is 9.59 Å². The van der Waals surface area contributed by atoms with E-state index in [0.29, 0.717) is 25.9 Å². The smallest absolute Gasteiger partial charge is 0.221 e. The minimum absolute atomic E-state index is 0.0155. The van der Waals surface area contributed by atoms with Gasteiger partial charge in [0.15, 0.2) is 0 Å². The maximum absolute atomic E-state index is 11.2. The largest absolute Gasteiger partial charge is 0.356 e. The van der Waals surface area contributed by atoms with Crippen molar-refractivity contribution in [2.75, 3.05) is 19.6 Å². The summed E-state index contributed by atoms with van der Waals surface area (Å²) >= 11 is 0. The van der Waals surface area contributed by atoms with Crippen molar-refractivity contribution in [3.63, 3.8) is 0 Å². The molecule has 0 aliphatic heterocycles. The number of hydrogen-bond acceptors (Lipinski definition) is 3. The van der Waals surface area contributed by atoms with Crippen molar-refractivity contribution >= 4 is 11.8 Å². The van der Waals surface area contributed by atoms with Crippen molar-refractivity contribution in [2.24, 2.45) is 0 Å². The van der Waals surface area contributed by atoms with Gasteiger partial charge in [0.2, 0.25) is 11.8 Å². The summed E-state index contributed by atoms with van der Waals surface area (Å²) in [5, 5.41) is 8.54. The first-order valence-corrected chi connectivity index (χ1v) is 5.83. The van der Waals surface area contributed by atoms with E-state index in [-0.39, 0.29) is 17.9 Å². The molecular formula is C11H23N3O2. The number of hydrogen-bond donors (Lipinski definition) is 3. The van der Waals surface area contributed by atoms with Crippen LogP contribution in [0.4, 0.5) is 0 Å². The van der Waals surface area contributed by atoms with Gasteiger partial charge < -0.3 is 16.0 Å². The van der Waals surface area contributed by atoms with Gasteiger partial charge in [0.05, 0.1) is 0 Å². The summed E-state index contributed by atoms with van der Waals surface area (Å²) in [6.07, 6.45) is 0.796. The normalized spacial score (nSPS) is 10.2. The second kappa shape index (κ2) is 9.15. The molecule has 0 saturated carbocycles. The minimum atomic E-state index is -0.0259. The maximum atomic E-state index is 11.2.